The molecule has 1 aromatic heterocycles. The van der Waals surface area contributed by atoms with E-state index in [1.54, 1.807) is 0 Å². The minimum Gasteiger partial charge on any atom is -0.375 e. The first-order valence-corrected chi connectivity index (χ1v) is 11.1. The Kier molecular flexibility index (Phi) is 6.07. The van der Waals surface area contributed by atoms with Gasteiger partial charge in [0.2, 0.25) is 5.91 Å². The van der Waals surface area contributed by atoms with Gasteiger partial charge in [0.1, 0.15) is 5.76 Å². The van der Waals surface area contributed by atoms with Gasteiger partial charge in [-0.05, 0) is 64.7 Å². The molecule has 4 rings (SSSR count). The van der Waals surface area contributed by atoms with Gasteiger partial charge in [-0.25, -0.2) is 0 Å². The van der Waals surface area contributed by atoms with Crippen LogP contribution in [0.15, 0.2) is 4.52 Å². The van der Waals surface area contributed by atoms with Crippen LogP contribution in [0.3, 0.4) is 0 Å². The number of ether oxygens (including phenoxy) is 1. The van der Waals surface area contributed by atoms with Gasteiger partial charge in [0, 0.05) is 44.9 Å². The molecular weight excluding hydrogens is 354 g/mol. The van der Waals surface area contributed by atoms with Gasteiger partial charge in [-0.2, -0.15) is 0 Å². The highest BCUT2D eigenvalue weighted by atomic mass is 16.5. The van der Waals surface area contributed by atoms with E-state index in [0.717, 1.165) is 49.6 Å². The first-order chi connectivity index (χ1) is 13.5. The lowest BCUT2D eigenvalue weighted by atomic mass is 9.84. The van der Waals surface area contributed by atoms with E-state index in [4.69, 9.17) is 9.26 Å². The van der Waals surface area contributed by atoms with E-state index in [0.29, 0.717) is 12.3 Å². The van der Waals surface area contributed by atoms with Crippen molar-refractivity contribution in [1.82, 2.24) is 15.0 Å². The summed E-state index contributed by atoms with van der Waals surface area (Å²) in [5.74, 6) is 1.69. The molecule has 6 heteroatoms. The molecule has 28 heavy (non-hydrogen) atoms. The average molecular weight is 390 g/mol. The van der Waals surface area contributed by atoms with Crippen LogP contribution in [0, 0.1) is 19.8 Å². The zero-order chi connectivity index (χ0) is 19.6. The Balaban J connectivity index is 1.20. The molecule has 0 aromatic carbocycles. The van der Waals surface area contributed by atoms with Crippen LogP contribution in [0.2, 0.25) is 0 Å². The van der Waals surface area contributed by atoms with Crippen molar-refractivity contribution < 1.29 is 14.1 Å². The Morgan fingerprint density at radius 3 is 2.46 bits per heavy atom. The van der Waals surface area contributed by atoms with Crippen LogP contribution in [0.5, 0.6) is 0 Å². The lowest BCUT2D eigenvalue weighted by Crippen LogP contribution is -2.49. The summed E-state index contributed by atoms with van der Waals surface area (Å²) in [6, 6.07) is 0. The van der Waals surface area contributed by atoms with Crippen molar-refractivity contribution in [3.05, 3.63) is 17.0 Å². The number of hydrogen-bond donors (Lipinski definition) is 0. The van der Waals surface area contributed by atoms with Crippen molar-refractivity contribution in [2.75, 3.05) is 39.3 Å². The van der Waals surface area contributed by atoms with Gasteiger partial charge in [-0.15, -0.1) is 0 Å². The Labute approximate surface area is 168 Å². The summed E-state index contributed by atoms with van der Waals surface area (Å²) in [4.78, 5) is 17.3. The van der Waals surface area contributed by atoms with Crippen molar-refractivity contribution in [2.24, 2.45) is 5.92 Å². The first kappa shape index (κ1) is 19.9. The molecule has 156 valence electrons. The molecule has 1 amide bonds. The molecule has 0 unspecified atom stereocenters. The third-order valence-electron chi connectivity index (χ3n) is 7.20. The molecule has 3 saturated heterocycles. The number of likely N-dealkylation sites (tertiary alicyclic amines) is 2. The van der Waals surface area contributed by atoms with Crippen LogP contribution in [0.1, 0.15) is 62.0 Å². The van der Waals surface area contributed by atoms with Crippen LogP contribution in [-0.4, -0.2) is 65.8 Å². The summed E-state index contributed by atoms with van der Waals surface area (Å²) in [7, 11) is 0. The third-order valence-corrected chi connectivity index (χ3v) is 7.20. The average Bonchev–Trinajstić information content (AvgIpc) is 3.03. The fourth-order valence-corrected chi connectivity index (χ4v) is 5.19. The van der Waals surface area contributed by atoms with Crippen molar-refractivity contribution in [3.8, 4) is 0 Å². The molecule has 3 aliphatic heterocycles. The van der Waals surface area contributed by atoms with Crippen molar-refractivity contribution in [1.29, 1.82) is 0 Å². The van der Waals surface area contributed by atoms with Crippen LogP contribution in [0.25, 0.3) is 0 Å². The van der Waals surface area contributed by atoms with Crippen LogP contribution < -0.4 is 0 Å². The summed E-state index contributed by atoms with van der Waals surface area (Å²) >= 11 is 0. The highest BCUT2D eigenvalue weighted by molar-refractivity contribution is 5.79. The minimum absolute atomic E-state index is 0.197. The monoisotopic (exact) mass is 389 g/mol. The molecule has 0 aliphatic carbocycles. The van der Waals surface area contributed by atoms with Crippen LogP contribution in [0.4, 0.5) is 0 Å². The van der Waals surface area contributed by atoms with Gasteiger partial charge in [0.25, 0.3) is 0 Å². The maximum absolute atomic E-state index is 12.7. The summed E-state index contributed by atoms with van der Waals surface area (Å²) in [5, 5.41) is 3.96. The number of rotatable bonds is 4. The SMILES string of the molecule is Cc1noc(C)c1CC(=O)N1CCC(CN2CCC3(CCCCO3)CC2)CC1. The molecule has 3 aliphatic rings. The van der Waals surface area contributed by atoms with E-state index in [1.165, 1.54) is 51.7 Å². The number of carbonyl (C=O) groups excluding carboxylic acids is 1. The van der Waals surface area contributed by atoms with Crippen molar-refractivity contribution in [2.45, 2.75) is 70.8 Å². The Hall–Kier alpha value is -1.40. The normalized spacial score (nSPS) is 24.0. The number of aromatic nitrogens is 1. The quantitative estimate of drug-likeness (QED) is 0.792. The van der Waals surface area contributed by atoms with Crippen molar-refractivity contribution >= 4 is 5.91 Å². The number of piperidine rings is 2. The minimum atomic E-state index is 0.197. The lowest BCUT2D eigenvalue weighted by Gasteiger charge is -2.45. The highest BCUT2D eigenvalue weighted by Crippen LogP contribution is 2.35. The lowest BCUT2D eigenvalue weighted by molar-refractivity contribution is -0.132. The zero-order valence-electron chi connectivity index (χ0n) is 17.5. The predicted octanol–water partition coefficient (Wildman–Crippen LogP) is 3.11. The summed E-state index contributed by atoms with van der Waals surface area (Å²) in [6.45, 7) is 10.0. The number of carbonyl (C=O) groups is 1. The van der Waals surface area contributed by atoms with E-state index in [9.17, 15) is 4.79 Å². The largest absolute Gasteiger partial charge is 0.375 e. The Morgan fingerprint density at radius 2 is 1.86 bits per heavy atom. The number of amides is 1. The molecule has 6 nitrogen and oxygen atoms in total. The van der Waals surface area contributed by atoms with E-state index in [1.807, 2.05) is 18.7 Å². The second-order valence-electron chi connectivity index (χ2n) is 9.09. The molecule has 1 aromatic rings. The van der Waals surface area contributed by atoms with Gasteiger partial charge in [-0.3, -0.25) is 4.79 Å². The standard InChI is InChI=1S/C22H35N3O3/c1-17-20(18(2)28-23-17)15-21(26)25-10-5-19(6-11-25)16-24-12-8-22(9-13-24)7-3-4-14-27-22/h19H,3-16H2,1-2H3. The molecule has 1 spiro atoms. The molecule has 0 atom stereocenters. The molecule has 0 bridgehead atoms. The van der Waals surface area contributed by atoms with E-state index < -0.39 is 0 Å². The molecule has 4 heterocycles. The second kappa shape index (κ2) is 8.54. The molecule has 0 N–H and O–H groups in total. The van der Waals surface area contributed by atoms with Gasteiger partial charge in [-0.1, -0.05) is 5.16 Å². The fourth-order valence-electron chi connectivity index (χ4n) is 5.19. The summed E-state index contributed by atoms with van der Waals surface area (Å²) < 4.78 is 11.4. The maximum Gasteiger partial charge on any atom is 0.227 e. The van der Waals surface area contributed by atoms with Gasteiger partial charge >= 0.3 is 0 Å². The smallest absolute Gasteiger partial charge is 0.227 e. The molecular formula is C22H35N3O3. The van der Waals surface area contributed by atoms with Gasteiger partial charge in [0.15, 0.2) is 0 Å². The molecule has 3 fully saturated rings. The molecule has 0 saturated carbocycles. The van der Waals surface area contributed by atoms with E-state index in [-0.39, 0.29) is 11.5 Å². The first-order valence-electron chi connectivity index (χ1n) is 11.1. The predicted molar refractivity (Wildman–Crippen MR) is 107 cm³/mol. The third kappa shape index (κ3) is 4.43. The zero-order valence-corrected chi connectivity index (χ0v) is 17.5. The van der Waals surface area contributed by atoms with E-state index in [2.05, 4.69) is 10.1 Å². The van der Waals surface area contributed by atoms with E-state index >= 15 is 0 Å². The summed E-state index contributed by atoms with van der Waals surface area (Å²) in [5.41, 5.74) is 1.99. The number of nitrogens with zero attached hydrogens (tertiary/aromatic N) is 3. The number of aryl methyl sites for hydroxylation is 2. The van der Waals surface area contributed by atoms with Gasteiger partial charge < -0.3 is 19.1 Å². The van der Waals surface area contributed by atoms with Crippen molar-refractivity contribution in [3.63, 3.8) is 0 Å². The highest BCUT2D eigenvalue weighted by Gasteiger charge is 2.37. The molecule has 0 radical (unpaired) electrons. The van der Waals surface area contributed by atoms with Crippen LogP contribution in [-0.2, 0) is 16.0 Å². The summed E-state index contributed by atoms with van der Waals surface area (Å²) in [6.07, 6.45) is 8.87. The Morgan fingerprint density at radius 1 is 1.11 bits per heavy atom. The topological polar surface area (TPSA) is 58.8 Å². The van der Waals surface area contributed by atoms with Gasteiger partial charge in [0.05, 0.1) is 17.7 Å². The maximum atomic E-state index is 12.7. The Bertz CT molecular complexity index is 643. The van der Waals surface area contributed by atoms with Crippen LogP contribution >= 0.6 is 0 Å². The number of hydrogen-bond acceptors (Lipinski definition) is 5. The fraction of sp³-hybridized carbons (Fsp3) is 0.818. The second-order valence-corrected chi connectivity index (χ2v) is 9.09.